The molecule has 1 aromatic rings. The van der Waals surface area contributed by atoms with Crippen LogP contribution in [-0.2, 0) is 13.6 Å². The van der Waals surface area contributed by atoms with Crippen molar-refractivity contribution in [2.75, 3.05) is 19.6 Å². The first-order valence-corrected chi connectivity index (χ1v) is 7.62. The summed E-state index contributed by atoms with van der Waals surface area (Å²) in [5.74, 6) is 1.96. The molecule has 0 spiro atoms. The van der Waals surface area contributed by atoms with Crippen molar-refractivity contribution in [3.8, 4) is 0 Å². The van der Waals surface area contributed by atoms with Crippen LogP contribution in [0.15, 0.2) is 6.33 Å². The normalized spacial score (nSPS) is 26.7. The highest BCUT2D eigenvalue weighted by molar-refractivity contribution is 4.91. The molecule has 0 radical (unpaired) electrons. The standard InChI is InChI=1S/C14H25N5/c1-18-14(16-11-17-18)10-19-8-7-15-9-13(19)12-5-3-2-4-6-12/h11-13,15H,2-10H2,1H3. The topological polar surface area (TPSA) is 46.0 Å². The van der Waals surface area contributed by atoms with Gasteiger partial charge in [-0.15, -0.1) is 0 Å². The lowest BCUT2D eigenvalue weighted by Gasteiger charge is -2.41. The molecule has 1 aliphatic carbocycles. The van der Waals surface area contributed by atoms with Gasteiger partial charge in [0.25, 0.3) is 0 Å². The maximum Gasteiger partial charge on any atom is 0.140 e. The van der Waals surface area contributed by atoms with Crippen LogP contribution in [0.5, 0.6) is 0 Å². The maximum atomic E-state index is 4.38. The molecule has 2 fully saturated rings. The zero-order valence-electron chi connectivity index (χ0n) is 11.9. The van der Waals surface area contributed by atoms with Gasteiger partial charge in [0.1, 0.15) is 12.2 Å². The van der Waals surface area contributed by atoms with E-state index in [0.717, 1.165) is 37.9 Å². The van der Waals surface area contributed by atoms with Crippen LogP contribution in [0, 0.1) is 5.92 Å². The number of hydrogen-bond acceptors (Lipinski definition) is 4. The summed E-state index contributed by atoms with van der Waals surface area (Å²) in [7, 11) is 1.99. The van der Waals surface area contributed by atoms with E-state index in [0.29, 0.717) is 6.04 Å². The smallest absolute Gasteiger partial charge is 0.140 e. The molecule has 1 unspecified atom stereocenters. The van der Waals surface area contributed by atoms with Crippen LogP contribution < -0.4 is 5.32 Å². The molecule has 1 N–H and O–H groups in total. The number of nitrogens with zero attached hydrogens (tertiary/aromatic N) is 4. The Morgan fingerprint density at radius 2 is 2.16 bits per heavy atom. The van der Waals surface area contributed by atoms with E-state index in [1.165, 1.54) is 32.1 Å². The third-order valence-electron chi connectivity index (χ3n) is 4.74. The highest BCUT2D eigenvalue weighted by Gasteiger charge is 2.31. The number of piperazine rings is 1. The molecule has 2 aliphatic rings. The van der Waals surface area contributed by atoms with Crippen LogP contribution >= 0.6 is 0 Å². The summed E-state index contributed by atoms with van der Waals surface area (Å²) in [4.78, 5) is 7.00. The van der Waals surface area contributed by atoms with E-state index < -0.39 is 0 Å². The van der Waals surface area contributed by atoms with Crippen molar-refractivity contribution < 1.29 is 0 Å². The second kappa shape index (κ2) is 6.01. The fraction of sp³-hybridized carbons (Fsp3) is 0.857. The van der Waals surface area contributed by atoms with E-state index in [-0.39, 0.29) is 0 Å². The average Bonchev–Trinajstić information content (AvgIpc) is 2.86. The summed E-state index contributed by atoms with van der Waals surface area (Å²) >= 11 is 0. The SMILES string of the molecule is Cn1ncnc1CN1CCNCC1C1CCCCC1. The molecule has 2 heterocycles. The summed E-state index contributed by atoms with van der Waals surface area (Å²) in [6.45, 7) is 4.32. The van der Waals surface area contributed by atoms with Crippen LogP contribution in [-0.4, -0.2) is 45.3 Å². The Morgan fingerprint density at radius 3 is 2.89 bits per heavy atom. The van der Waals surface area contributed by atoms with Gasteiger partial charge in [-0.25, -0.2) is 4.98 Å². The van der Waals surface area contributed by atoms with Gasteiger partial charge in [0.2, 0.25) is 0 Å². The van der Waals surface area contributed by atoms with Crippen molar-refractivity contribution >= 4 is 0 Å². The zero-order valence-corrected chi connectivity index (χ0v) is 11.9. The Morgan fingerprint density at radius 1 is 1.32 bits per heavy atom. The highest BCUT2D eigenvalue weighted by Crippen LogP contribution is 2.30. The molecule has 3 rings (SSSR count). The molecule has 0 amide bonds. The van der Waals surface area contributed by atoms with Gasteiger partial charge in [-0.1, -0.05) is 19.3 Å². The first-order valence-electron chi connectivity index (χ1n) is 7.62. The number of aryl methyl sites for hydroxylation is 1. The Balaban J connectivity index is 1.68. The van der Waals surface area contributed by atoms with Gasteiger partial charge < -0.3 is 5.32 Å². The summed E-state index contributed by atoms with van der Waals surface area (Å²) < 4.78 is 1.90. The van der Waals surface area contributed by atoms with E-state index in [1.54, 1.807) is 6.33 Å². The minimum Gasteiger partial charge on any atom is -0.314 e. The molecular formula is C14H25N5. The van der Waals surface area contributed by atoms with E-state index in [4.69, 9.17) is 0 Å². The molecule has 1 atom stereocenters. The van der Waals surface area contributed by atoms with E-state index in [2.05, 4.69) is 20.3 Å². The number of rotatable bonds is 3. The average molecular weight is 263 g/mol. The second-order valence-corrected chi connectivity index (χ2v) is 5.94. The van der Waals surface area contributed by atoms with Gasteiger partial charge in [0.15, 0.2) is 0 Å². The molecule has 0 aromatic carbocycles. The Hall–Kier alpha value is -0.940. The first kappa shape index (κ1) is 13.1. The fourth-order valence-electron chi connectivity index (χ4n) is 3.59. The summed E-state index contributed by atoms with van der Waals surface area (Å²) in [5, 5.41) is 7.75. The van der Waals surface area contributed by atoms with Crippen molar-refractivity contribution in [1.29, 1.82) is 0 Å². The van der Waals surface area contributed by atoms with E-state index in [1.807, 2.05) is 11.7 Å². The predicted molar refractivity (Wildman–Crippen MR) is 74.6 cm³/mol. The van der Waals surface area contributed by atoms with Crippen LogP contribution in [0.4, 0.5) is 0 Å². The molecule has 106 valence electrons. The van der Waals surface area contributed by atoms with Crippen molar-refractivity contribution in [2.24, 2.45) is 13.0 Å². The molecule has 1 aliphatic heterocycles. The van der Waals surface area contributed by atoms with Crippen LogP contribution in [0.2, 0.25) is 0 Å². The van der Waals surface area contributed by atoms with Crippen LogP contribution in [0.3, 0.4) is 0 Å². The zero-order chi connectivity index (χ0) is 13.1. The molecule has 5 nitrogen and oxygen atoms in total. The molecule has 5 heteroatoms. The second-order valence-electron chi connectivity index (χ2n) is 5.94. The van der Waals surface area contributed by atoms with E-state index >= 15 is 0 Å². The first-order chi connectivity index (χ1) is 9.34. The number of aromatic nitrogens is 3. The van der Waals surface area contributed by atoms with E-state index in [9.17, 15) is 0 Å². The quantitative estimate of drug-likeness (QED) is 0.889. The Kier molecular flexibility index (Phi) is 4.13. The summed E-state index contributed by atoms with van der Waals surface area (Å²) in [6, 6.07) is 0.686. The molecular weight excluding hydrogens is 238 g/mol. The maximum absolute atomic E-state index is 4.38. The molecule has 0 bridgehead atoms. The minimum absolute atomic E-state index is 0.686. The molecule has 19 heavy (non-hydrogen) atoms. The highest BCUT2D eigenvalue weighted by atomic mass is 15.3. The third kappa shape index (κ3) is 2.98. The van der Waals surface area contributed by atoms with Crippen LogP contribution in [0.1, 0.15) is 37.9 Å². The van der Waals surface area contributed by atoms with Gasteiger partial charge >= 0.3 is 0 Å². The van der Waals surface area contributed by atoms with Gasteiger partial charge in [-0.05, 0) is 18.8 Å². The van der Waals surface area contributed by atoms with Crippen molar-refractivity contribution in [3.63, 3.8) is 0 Å². The summed E-state index contributed by atoms with van der Waals surface area (Å²) in [6.07, 6.45) is 8.73. The number of hydrogen-bond donors (Lipinski definition) is 1. The largest absolute Gasteiger partial charge is 0.314 e. The predicted octanol–water partition coefficient (Wildman–Crippen LogP) is 1.17. The third-order valence-corrected chi connectivity index (χ3v) is 4.74. The summed E-state index contributed by atoms with van der Waals surface area (Å²) in [5.41, 5.74) is 0. The van der Waals surface area contributed by atoms with Gasteiger partial charge in [-0.2, -0.15) is 5.10 Å². The lowest BCUT2D eigenvalue weighted by Crippen LogP contribution is -2.54. The van der Waals surface area contributed by atoms with Crippen molar-refractivity contribution in [3.05, 3.63) is 12.2 Å². The molecule has 1 aromatic heterocycles. The monoisotopic (exact) mass is 263 g/mol. The fourth-order valence-corrected chi connectivity index (χ4v) is 3.59. The molecule has 1 saturated heterocycles. The van der Waals surface area contributed by atoms with Gasteiger partial charge in [-0.3, -0.25) is 9.58 Å². The van der Waals surface area contributed by atoms with Gasteiger partial charge in [0, 0.05) is 32.7 Å². The van der Waals surface area contributed by atoms with Crippen LogP contribution in [0.25, 0.3) is 0 Å². The van der Waals surface area contributed by atoms with Gasteiger partial charge in [0.05, 0.1) is 6.54 Å². The Labute approximate surface area is 115 Å². The number of nitrogens with one attached hydrogen (secondary N) is 1. The lowest BCUT2D eigenvalue weighted by molar-refractivity contribution is 0.0826. The van der Waals surface area contributed by atoms with Crippen molar-refractivity contribution in [1.82, 2.24) is 25.0 Å². The minimum atomic E-state index is 0.686. The lowest BCUT2D eigenvalue weighted by atomic mass is 9.82. The molecule has 1 saturated carbocycles. The van der Waals surface area contributed by atoms with Crippen molar-refractivity contribution in [2.45, 2.75) is 44.7 Å². The Bertz CT molecular complexity index is 396.